The van der Waals surface area contributed by atoms with Crippen molar-refractivity contribution >= 4 is 22.0 Å². The number of benzene rings is 1. The third-order valence-electron chi connectivity index (χ3n) is 2.05. The molecule has 0 amide bonds. The fourth-order valence-corrected chi connectivity index (χ4v) is 1.37. The molecule has 1 aromatic rings. The van der Waals surface area contributed by atoms with Crippen molar-refractivity contribution in [1.82, 2.24) is 0 Å². The van der Waals surface area contributed by atoms with Crippen LogP contribution in [0.15, 0.2) is 34.8 Å². The van der Waals surface area contributed by atoms with Crippen LogP contribution in [0.1, 0.15) is 18.4 Å². The van der Waals surface area contributed by atoms with Crippen LogP contribution in [-0.4, -0.2) is 0 Å². The van der Waals surface area contributed by atoms with Gasteiger partial charge in [0.2, 0.25) is 0 Å². The van der Waals surface area contributed by atoms with E-state index in [0.29, 0.717) is 0 Å². The smallest absolute Gasteiger partial charge is 0.0175 e. The molecule has 62 valence electrons. The Labute approximate surface area is 81.4 Å². The first-order chi connectivity index (χ1) is 5.84. The Kier molecular flexibility index (Phi) is 2.31. The monoisotopic (exact) mass is 222 g/mol. The third kappa shape index (κ3) is 2.21. The molecule has 0 spiro atoms. The number of hydrogen-bond donors (Lipinski definition) is 0. The van der Waals surface area contributed by atoms with Gasteiger partial charge in [0.05, 0.1) is 0 Å². The van der Waals surface area contributed by atoms with E-state index in [-0.39, 0.29) is 0 Å². The highest BCUT2D eigenvalue weighted by atomic mass is 79.9. The van der Waals surface area contributed by atoms with Crippen LogP contribution in [0.25, 0.3) is 6.08 Å². The fourth-order valence-electron chi connectivity index (χ4n) is 1.11. The van der Waals surface area contributed by atoms with Crippen LogP contribution < -0.4 is 0 Å². The molecule has 1 aliphatic rings. The molecule has 0 atom stereocenters. The molecule has 1 heteroatoms. The predicted molar refractivity (Wildman–Crippen MR) is 55.9 cm³/mol. The van der Waals surface area contributed by atoms with Crippen LogP contribution in [0.3, 0.4) is 0 Å². The number of allylic oxidation sites excluding steroid dienone is 1. The molecular formula is C11H11Br. The van der Waals surface area contributed by atoms with Crippen molar-refractivity contribution in [2.24, 2.45) is 5.92 Å². The first-order valence-electron chi connectivity index (χ1n) is 4.28. The van der Waals surface area contributed by atoms with Crippen LogP contribution in [0.2, 0.25) is 0 Å². The van der Waals surface area contributed by atoms with Crippen molar-refractivity contribution < 1.29 is 0 Å². The van der Waals surface area contributed by atoms with E-state index in [4.69, 9.17) is 0 Å². The van der Waals surface area contributed by atoms with Gasteiger partial charge >= 0.3 is 0 Å². The Hall–Kier alpha value is -0.560. The minimum atomic E-state index is 0.869. The largest absolute Gasteiger partial charge is 0.0808 e. The molecule has 0 radical (unpaired) electrons. The molecule has 1 fully saturated rings. The number of rotatable bonds is 2. The lowest BCUT2D eigenvalue weighted by Gasteiger charge is -1.92. The Balaban J connectivity index is 2.07. The van der Waals surface area contributed by atoms with Gasteiger partial charge in [0.15, 0.2) is 0 Å². The summed E-state index contributed by atoms with van der Waals surface area (Å²) in [6.07, 6.45) is 7.29. The summed E-state index contributed by atoms with van der Waals surface area (Å²) < 4.78 is 1.14. The molecule has 0 N–H and O–H groups in total. The van der Waals surface area contributed by atoms with E-state index in [2.05, 4.69) is 52.3 Å². The van der Waals surface area contributed by atoms with Crippen molar-refractivity contribution in [1.29, 1.82) is 0 Å². The second kappa shape index (κ2) is 3.44. The van der Waals surface area contributed by atoms with Gasteiger partial charge in [-0.15, -0.1) is 0 Å². The Morgan fingerprint density at radius 2 is 1.83 bits per heavy atom. The molecule has 0 unspecified atom stereocenters. The molecule has 12 heavy (non-hydrogen) atoms. The summed E-state index contributed by atoms with van der Waals surface area (Å²) in [6, 6.07) is 8.41. The Bertz CT molecular complexity index is 280. The molecule has 1 aliphatic carbocycles. The van der Waals surface area contributed by atoms with Crippen LogP contribution in [-0.2, 0) is 0 Å². The second-order valence-corrected chi connectivity index (χ2v) is 4.16. The first kappa shape index (κ1) is 8.06. The highest BCUT2D eigenvalue weighted by Crippen LogP contribution is 2.30. The van der Waals surface area contributed by atoms with E-state index in [9.17, 15) is 0 Å². The molecule has 0 aromatic heterocycles. The van der Waals surface area contributed by atoms with Gasteiger partial charge in [-0.25, -0.2) is 0 Å². The van der Waals surface area contributed by atoms with E-state index in [1.54, 1.807) is 0 Å². The Morgan fingerprint density at radius 3 is 2.42 bits per heavy atom. The highest BCUT2D eigenvalue weighted by molar-refractivity contribution is 9.10. The standard InChI is InChI=1S/C11H11Br/c12-11-7-5-10(6-8-11)4-3-9-1-2-9/h3-9H,1-2H2/b4-3+. The number of hydrogen-bond acceptors (Lipinski definition) is 0. The van der Waals surface area contributed by atoms with Gasteiger partial charge in [-0.05, 0) is 36.5 Å². The zero-order chi connectivity index (χ0) is 8.39. The average Bonchev–Trinajstić information content (AvgIpc) is 2.87. The van der Waals surface area contributed by atoms with E-state index in [1.165, 1.54) is 18.4 Å². The lowest BCUT2D eigenvalue weighted by molar-refractivity contribution is 1.13. The molecule has 1 saturated carbocycles. The van der Waals surface area contributed by atoms with Gasteiger partial charge < -0.3 is 0 Å². The van der Waals surface area contributed by atoms with Crippen LogP contribution in [0, 0.1) is 5.92 Å². The maximum atomic E-state index is 3.41. The summed E-state index contributed by atoms with van der Waals surface area (Å²) in [6.45, 7) is 0. The summed E-state index contributed by atoms with van der Waals surface area (Å²) >= 11 is 3.41. The average molecular weight is 223 g/mol. The van der Waals surface area contributed by atoms with E-state index < -0.39 is 0 Å². The van der Waals surface area contributed by atoms with Crippen molar-refractivity contribution in [3.8, 4) is 0 Å². The predicted octanol–water partition coefficient (Wildman–Crippen LogP) is 3.87. The zero-order valence-electron chi connectivity index (χ0n) is 6.83. The summed E-state index contributed by atoms with van der Waals surface area (Å²) in [4.78, 5) is 0. The molecule has 0 nitrogen and oxygen atoms in total. The van der Waals surface area contributed by atoms with E-state index in [0.717, 1.165) is 10.4 Å². The molecule has 0 aliphatic heterocycles. The highest BCUT2D eigenvalue weighted by Gasteiger charge is 2.16. The quantitative estimate of drug-likeness (QED) is 0.713. The van der Waals surface area contributed by atoms with E-state index >= 15 is 0 Å². The topological polar surface area (TPSA) is 0 Å². The summed E-state index contributed by atoms with van der Waals surface area (Å²) in [7, 11) is 0. The minimum absolute atomic E-state index is 0.869. The fraction of sp³-hybridized carbons (Fsp3) is 0.273. The van der Waals surface area contributed by atoms with Gasteiger partial charge in [0.1, 0.15) is 0 Å². The zero-order valence-corrected chi connectivity index (χ0v) is 8.42. The summed E-state index contributed by atoms with van der Waals surface area (Å²) in [5.41, 5.74) is 1.30. The maximum absolute atomic E-state index is 3.41. The SMILES string of the molecule is Brc1ccc(/C=C/C2CC2)cc1. The molecule has 0 heterocycles. The van der Waals surface area contributed by atoms with Crippen molar-refractivity contribution in [2.75, 3.05) is 0 Å². The van der Waals surface area contributed by atoms with Crippen molar-refractivity contribution in [3.05, 3.63) is 40.4 Å². The molecule has 0 bridgehead atoms. The van der Waals surface area contributed by atoms with Crippen molar-refractivity contribution in [2.45, 2.75) is 12.8 Å². The molecule has 1 aromatic carbocycles. The van der Waals surface area contributed by atoms with Crippen LogP contribution in [0.5, 0.6) is 0 Å². The lowest BCUT2D eigenvalue weighted by atomic mass is 10.2. The summed E-state index contributed by atoms with van der Waals surface area (Å²) in [5, 5.41) is 0. The third-order valence-corrected chi connectivity index (χ3v) is 2.58. The van der Waals surface area contributed by atoms with Crippen LogP contribution in [0.4, 0.5) is 0 Å². The van der Waals surface area contributed by atoms with Crippen LogP contribution >= 0.6 is 15.9 Å². The van der Waals surface area contributed by atoms with Gasteiger partial charge in [0.25, 0.3) is 0 Å². The first-order valence-corrected chi connectivity index (χ1v) is 5.08. The summed E-state index contributed by atoms with van der Waals surface area (Å²) in [5.74, 6) is 0.869. The van der Waals surface area contributed by atoms with E-state index in [1.807, 2.05) is 0 Å². The molecular weight excluding hydrogens is 212 g/mol. The second-order valence-electron chi connectivity index (χ2n) is 3.25. The normalized spacial score (nSPS) is 17.1. The molecule has 0 saturated heterocycles. The van der Waals surface area contributed by atoms with Gasteiger partial charge in [-0.3, -0.25) is 0 Å². The van der Waals surface area contributed by atoms with Gasteiger partial charge in [-0.1, -0.05) is 40.2 Å². The van der Waals surface area contributed by atoms with Gasteiger partial charge in [0, 0.05) is 4.47 Å². The Morgan fingerprint density at radius 1 is 1.17 bits per heavy atom. The van der Waals surface area contributed by atoms with Gasteiger partial charge in [-0.2, -0.15) is 0 Å². The minimum Gasteiger partial charge on any atom is -0.0808 e. The number of halogens is 1. The lowest BCUT2D eigenvalue weighted by Crippen LogP contribution is -1.71. The maximum Gasteiger partial charge on any atom is 0.0175 e. The molecule has 2 rings (SSSR count). The van der Waals surface area contributed by atoms with Crippen molar-refractivity contribution in [3.63, 3.8) is 0 Å².